The van der Waals surface area contributed by atoms with Gasteiger partial charge in [-0.05, 0) is 50.3 Å². The molecule has 0 spiro atoms. The number of imidazole rings is 1. The van der Waals surface area contributed by atoms with Gasteiger partial charge in [-0.2, -0.15) is 0 Å². The van der Waals surface area contributed by atoms with E-state index in [0.717, 1.165) is 36.3 Å². The Morgan fingerprint density at radius 1 is 1.36 bits per heavy atom. The Morgan fingerprint density at radius 2 is 2.16 bits per heavy atom. The summed E-state index contributed by atoms with van der Waals surface area (Å²) in [5.41, 5.74) is 2.00. The molecule has 2 aliphatic heterocycles. The minimum absolute atomic E-state index is 0.212. The van der Waals surface area contributed by atoms with Crippen LogP contribution in [0.4, 0.5) is 0 Å². The summed E-state index contributed by atoms with van der Waals surface area (Å²) < 4.78 is 2.05. The van der Waals surface area contributed by atoms with Gasteiger partial charge in [0.05, 0.1) is 5.41 Å². The molecule has 5 nitrogen and oxygen atoms in total. The molecule has 1 amide bonds. The highest BCUT2D eigenvalue weighted by Crippen LogP contribution is 2.45. The smallest absolute Gasteiger partial charge is 0.228 e. The number of aryl methyl sites for hydroxylation is 1. The van der Waals surface area contributed by atoms with E-state index in [0.29, 0.717) is 18.6 Å². The van der Waals surface area contributed by atoms with Gasteiger partial charge in [0.2, 0.25) is 5.91 Å². The van der Waals surface area contributed by atoms with Gasteiger partial charge in [-0.1, -0.05) is 19.1 Å². The van der Waals surface area contributed by atoms with Crippen molar-refractivity contribution in [3.63, 3.8) is 0 Å². The second-order valence-corrected chi connectivity index (χ2v) is 7.40. The third-order valence-electron chi connectivity index (χ3n) is 6.09. The van der Waals surface area contributed by atoms with Gasteiger partial charge in [-0.25, -0.2) is 4.98 Å². The molecule has 2 aliphatic rings. The summed E-state index contributed by atoms with van der Waals surface area (Å²) in [6, 6.07) is 9.19. The van der Waals surface area contributed by atoms with Gasteiger partial charge in [-0.3, -0.25) is 4.79 Å². The Morgan fingerprint density at radius 3 is 2.72 bits per heavy atom. The normalized spacial score (nSPS) is 27.6. The number of aromatic nitrogens is 2. The average molecular weight is 338 g/mol. The summed E-state index contributed by atoms with van der Waals surface area (Å²) in [5.74, 6) is 1.18. The summed E-state index contributed by atoms with van der Waals surface area (Å²) in [7, 11) is 0. The highest BCUT2D eigenvalue weighted by Gasteiger charge is 2.54. The van der Waals surface area contributed by atoms with Crippen LogP contribution in [0.1, 0.15) is 44.0 Å². The van der Waals surface area contributed by atoms with E-state index >= 15 is 0 Å². The highest BCUT2D eigenvalue weighted by atomic mass is 16.2. The molecule has 0 unspecified atom stereocenters. The number of carbonyl (C=O) groups excluding carboxylic acids is 1. The van der Waals surface area contributed by atoms with Gasteiger partial charge >= 0.3 is 0 Å². The van der Waals surface area contributed by atoms with E-state index in [1.165, 1.54) is 6.42 Å². The number of nitrogens with zero attached hydrogens (tertiary/aromatic N) is 2. The zero-order valence-corrected chi connectivity index (χ0v) is 15.0. The molecule has 0 aliphatic carbocycles. The number of carbonyl (C=O) groups is 1. The van der Waals surface area contributed by atoms with Crippen LogP contribution in [0.3, 0.4) is 0 Å². The third kappa shape index (κ3) is 2.76. The number of benzene rings is 1. The molecular formula is C20H26N4O. The zero-order valence-electron chi connectivity index (χ0n) is 15.0. The molecule has 3 atom stereocenters. The lowest BCUT2D eigenvalue weighted by Gasteiger charge is -2.34. The largest absolute Gasteiger partial charge is 0.351 e. The van der Waals surface area contributed by atoms with Crippen LogP contribution in [0.15, 0.2) is 36.7 Å². The molecule has 2 bridgehead atoms. The molecule has 0 radical (unpaired) electrons. The molecule has 1 aromatic heterocycles. The maximum absolute atomic E-state index is 12.9. The minimum atomic E-state index is -0.212. The van der Waals surface area contributed by atoms with E-state index in [-0.39, 0.29) is 11.3 Å². The molecule has 2 fully saturated rings. The maximum Gasteiger partial charge on any atom is 0.228 e. The first kappa shape index (κ1) is 16.3. The molecule has 0 saturated carbocycles. The Kier molecular flexibility index (Phi) is 4.12. The molecule has 132 valence electrons. The maximum atomic E-state index is 12.9. The lowest BCUT2D eigenvalue weighted by Crippen LogP contribution is -2.47. The second-order valence-electron chi connectivity index (χ2n) is 7.40. The quantitative estimate of drug-likeness (QED) is 0.881. The molecule has 2 saturated heterocycles. The number of hydrogen-bond donors (Lipinski definition) is 2. The number of fused-ring (bicyclic) bond motifs is 2. The Labute approximate surface area is 148 Å². The van der Waals surface area contributed by atoms with Crippen LogP contribution >= 0.6 is 0 Å². The van der Waals surface area contributed by atoms with Crippen molar-refractivity contribution in [2.24, 2.45) is 5.41 Å². The first-order valence-corrected chi connectivity index (χ1v) is 9.26. The van der Waals surface area contributed by atoms with Gasteiger partial charge in [0.15, 0.2) is 0 Å². The number of rotatable bonds is 5. The lowest BCUT2D eigenvalue weighted by molar-refractivity contribution is -0.132. The van der Waals surface area contributed by atoms with Crippen LogP contribution in [-0.2, 0) is 11.3 Å². The number of amides is 1. The van der Waals surface area contributed by atoms with Gasteiger partial charge in [0.1, 0.15) is 5.82 Å². The van der Waals surface area contributed by atoms with Crippen molar-refractivity contribution < 1.29 is 4.79 Å². The highest BCUT2D eigenvalue weighted by molar-refractivity contribution is 5.84. The summed E-state index contributed by atoms with van der Waals surface area (Å²) in [6.07, 6.45) is 8.00. The third-order valence-corrected chi connectivity index (χ3v) is 6.09. The van der Waals surface area contributed by atoms with Crippen molar-refractivity contribution in [2.45, 2.75) is 58.2 Å². The number of hydrogen-bond acceptors (Lipinski definition) is 3. The van der Waals surface area contributed by atoms with Gasteiger partial charge < -0.3 is 15.2 Å². The Bertz CT molecular complexity index is 766. The minimum Gasteiger partial charge on any atom is -0.351 e. The van der Waals surface area contributed by atoms with Crippen molar-refractivity contribution in [1.82, 2.24) is 20.2 Å². The summed E-state index contributed by atoms with van der Waals surface area (Å²) in [4.78, 5) is 17.2. The first-order valence-electron chi connectivity index (χ1n) is 9.26. The monoisotopic (exact) mass is 338 g/mol. The molecule has 4 rings (SSSR count). The van der Waals surface area contributed by atoms with Crippen LogP contribution in [0.5, 0.6) is 0 Å². The van der Waals surface area contributed by atoms with Crippen molar-refractivity contribution in [3.8, 4) is 5.69 Å². The fraction of sp³-hybridized carbons (Fsp3) is 0.500. The summed E-state index contributed by atoms with van der Waals surface area (Å²) in [5, 5.41) is 6.79. The van der Waals surface area contributed by atoms with Gasteiger partial charge in [0, 0.05) is 36.7 Å². The van der Waals surface area contributed by atoms with Crippen LogP contribution in [0, 0.1) is 12.3 Å². The van der Waals surface area contributed by atoms with E-state index in [9.17, 15) is 4.79 Å². The summed E-state index contributed by atoms with van der Waals surface area (Å²) in [6.45, 7) is 4.72. The molecule has 1 aromatic carbocycles. The van der Waals surface area contributed by atoms with Gasteiger partial charge in [0.25, 0.3) is 0 Å². The molecule has 5 heteroatoms. The fourth-order valence-corrected chi connectivity index (χ4v) is 4.58. The zero-order chi connectivity index (χ0) is 17.4. The van der Waals surface area contributed by atoms with E-state index in [4.69, 9.17) is 0 Å². The predicted molar refractivity (Wildman–Crippen MR) is 97.4 cm³/mol. The number of nitrogens with one attached hydrogen (secondary N) is 2. The predicted octanol–water partition coefficient (Wildman–Crippen LogP) is 2.72. The average Bonchev–Trinajstić information content (AvgIpc) is 3.36. The lowest BCUT2D eigenvalue weighted by atomic mass is 9.71. The van der Waals surface area contributed by atoms with Crippen LogP contribution in [-0.4, -0.2) is 27.5 Å². The van der Waals surface area contributed by atoms with E-state index in [1.807, 2.05) is 13.1 Å². The molecule has 3 heterocycles. The topological polar surface area (TPSA) is 59.0 Å². The van der Waals surface area contributed by atoms with Gasteiger partial charge in [-0.15, -0.1) is 0 Å². The molecule has 2 aromatic rings. The standard InChI is InChI=1S/C20H26N4O/c1-3-20(12-16-6-9-18(20)23-16)19(25)22-13-15-4-7-17(8-5-15)24-11-10-21-14(24)2/h4-5,7-8,10-11,16,18,23H,3,6,9,12-13H2,1-2H3,(H,22,25)/t16-,18+,20+/m0/s1. The van der Waals surface area contributed by atoms with E-state index in [1.54, 1.807) is 6.20 Å². The molecule has 25 heavy (non-hydrogen) atoms. The Balaban J connectivity index is 1.41. The van der Waals surface area contributed by atoms with Crippen molar-refractivity contribution >= 4 is 5.91 Å². The van der Waals surface area contributed by atoms with Crippen molar-refractivity contribution in [1.29, 1.82) is 0 Å². The van der Waals surface area contributed by atoms with Crippen LogP contribution in [0.2, 0.25) is 0 Å². The first-order chi connectivity index (χ1) is 12.1. The summed E-state index contributed by atoms with van der Waals surface area (Å²) >= 11 is 0. The van der Waals surface area contributed by atoms with Crippen molar-refractivity contribution in [3.05, 3.63) is 48.0 Å². The molecular weight excluding hydrogens is 312 g/mol. The fourth-order valence-electron chi connectivity index (χ4n) is 4.58. The molecule has 2 N–H and O–H groups in total. The second kappa shape index (κ2) is 6.30. The van der Waals surface area contributed by atoms with E-state index < -0.39 is 0 Å². The van der Waals surface area contributed by atoms with Crippen LogP contribution < -0.4 is 10.6 Å². The Hall–Kier alpha value is -2.14. The van der Waals surface area contributed by atoms with Crippen LogP contribution in [0.25, 0.3) is 5.69 Å². The van der Waals surface area contributed by atoms with Crippen molar-refractivity contribution in [2.75, 3.05) is 0 Å². The van der Waals surface area contributed by atoms with E-state index in [2.05, 4.69) is 51.4 Å². The SMILES string of the molecule is CC[C@@]1(C(=O)NCc2ccc(-n3ccnc3C)cc2)C[C@@H]2CC[C@H]1N2.